The molecule has 0 radical (unpaired) electrons. The van der Waals surface area contributed by atoms with Crippen molar-refractivity contribution in [1.29, 1.82) is 0 Å². The maximum Gasteiger partial charge on any atom is 0.168 e. The summed E-state index contributed by atoms with van der Waals surface area (Å²) in [7, 11) is 0. The van der Waals surface area contributed by atoms with Gasteiger partial charge in [-0.3, -0.25) is 0 Å². The quantitative estimate of drug-likeness (QED) is 0.795. The van der Waals surface area contributed by atoms with Gasteiger partial charge in [-0.05, 0) is 37.7 Å². The van der Waals surface area contributed by atoms with Gasteiger partial charge in [0.05, 0.1) is 6.10 Å². The molecule has 0 saturated carbocycles. The Bertz CT molecular complexity index is 398. The monoisotopic (exact) mass is 256 g/mol. The van der Waals surface area contributed by atoms with Crippen molar-refractivity contribution < 1.29 is 9.13 Å². The van der Waals surface area contributed by atoms with Crippen molar-refractivity contribution in [3.63, 3.8) is 0 Å². The van der Waals surface area contributed by atoms with E-state index in [0.717, 1.165) is 12.8 Å². The maximum absolute atomic E-state index is 13.7. The summed E-state index contributed by atoms with van der Waals surface area (Å²) in [6, 6.07) is 4.56. The Hall–Kier alpha value is -1.36. The molecule has 1 rings (SSSR count). The summed E-state index contributed by atoms with van der Waals surface area (Å²) >= 11 is 4.67. The van der Waals surface area contributed by atoms with E-state index in [1.165, 1.54) is 6.07 Å². The lowest BCUT2D eigenvalue weighted by Crippen LogP contribution is -2.19. The highest BCUT2D eigenvalue weighted by molar-refractivity contribution is 7.80. The average molecular weight is 256 g/mol. The smallest absolute Gasteiger partial charge is 0.168 e. The number of halogens is 1. The first-order valence-corrected chi connectivity index (χ1v) is 5.96. The van der Waals surface area contributed by atoms with Gasteiger partial charge >= 0.3 is 0 Å². The molecule has 0 aromatic heterocycles. The van der Waals surface area contributed by atoms with Crippen molar-refractivity contribution in [2.24, 2.45) is 5.73 Å². The van der Waals surface area contributed by atoms with Gasteiger partial charge in [0.2, 0.25) is 0 Å². The third-order valence-corrected chi connectivity index (χ3v) is 2.32. The van der Waals surface area contributed by atoms with Crippen LogP contribution in [-0.4, -0.2) is 11.2 Å². The van der Waals surface area contributed by atoms with Gasteiger partial charge in [0.1, 0.15) is 0 Å². The van der Waals surface area contributed by atoms with E-state index in [9.17, 15) is 4.39 Å². The first kappa shape index (κ1) is 13.7. The standard InChI is InChI=1S/C12H17FN2OS/c1-3-4-8(2)16-11-6-5-9(7-10(11)13)15-12(14)17/h5-8H,3-4H2,1-2H3,(H3,14,15,17). The molecule has 3 N–H and O–H groups in total. The van der Waals surface area contributed by atoms with Crippen LogP contribution in [0.1, 0.15) is 26.7 Å². The number of hydrogen-bond donors (Lipinski definition) is 2. The fourth-order valence-electron chi connectivity index (χ4n) is 1.50. The average Bonchev–Trinajstić information content (AvgIpc) is 2.21. The molecule has 17 heavy (non-hydrogen) atoms. The Morgan fingerprint density at radius 3 is 2.82 bits per heavy atom. The summed E-state index contributed by atoms with van der Waals surface area (Å²) in [6.07, 6.45) is 1.90. The lowest BCUT2D eigenvalue weighted by molar-refractivity contribution is 0.201. The Kier molecular flexibility index (Phi) is 5.15. The van der Waals surface area contributed by atoms with Gasteiger partial charge in [0.15, 0.2) is 16.7 Å². The molecule has 0 heterocycles. The first-order chi connectivity index (χ1) is 8.02. The van der Waals surface area contributed by atoms with Crippen molar-refractivity contribution >= 4 is 23.0 Å². The fraction of sp³-hybridized carbons (Fsp3) is 0.417. The summed E-state index contributed by atoms with van der Waals surface area (Å²) in [5, 5.41) is 2.77. The molecule has 1 aromatic carbocycles. The number of nitrogens with two attached hydrogens (primary N) is 1. The molecule has 0 amide bonds. The molecule has 0 aliphatic rings. The van der Waals surface area contributed by atoms with Gasteiger partial charge in [-0.25, -0.2) is 4.39 Å². The Balaban J connectivity index is 2.72. The maximum atomic E-state index is 13.7. The highest BCUT2D eigenvalue weighted by Crippen LogP contribution is 2.22. The highest BCUT2D eigenvalue weighted by Gasteiger charge is 2.08. The zero-order chi connectivity index (χ0) is 12.8. The van der Waals surface area contributed by atoms with Crippen molar-refractivity contribution in [3.05, 3.63) is 24.0 Å². The van der Waals surface area contributed by atoms with Crippen LogP contribution in [0.4, 0.5) is 10.1 Å². The summed E-state index contributed by atoms with van der Waals surface area (Å²) in [5.41, 5.74) is 5.82. The SMILES string of the molecule is CCCC(C)Oc1ccc(NC(N)=S)cc1F. The molecule has 0 spiro atoms. The third-order valence-electron chi connectivity index (χ3n) is 2.22. The van der Waals surface area contributed by atoms with E-state index in [4.69, 9.17) is 10.5 Å². The largest absolute Gasteiger partial charge is 0.488 e. The van der Waals surface area contributed by atoms with Crippen LogP contribution >= 0.6 is 12.2 Å². The third kappa shape index (κ3) is 4.56. The summed E-state index contributed by atoms with van der Waals surface area (Å²) in [6.45, 7) is 3.98. The molecule has 94 valence electrons. The molecule has 0 fully saturated rings. The summed E-state index contributed by atoms with van der Waals surface area (Å²) in [5.74, 6) is -0.173. The molecular formula is C12H17FN2OS. The van der Waals surface area contributed by atoms with Gasteiger partial charge in [0, 0.05) is 11.8 Å². The van der Waals surface area contributed by atoms with Crippen molar-refractivity contribution in [2.75, 3.05) is 5.32 Å². The lowest BCUT2D eigenvalue weighted by atomic mass is 10.2. The van der Waals surface area contributed by atoms with E-state index in [2.05, 4.69) is 24.5 Å². The number of nitrogens with one attached hydrogen (secondary N) is 1. The molecule has 0 aliphatic carbocycles. The number of benzene rings is 1. The molecule has 0 saturated heterocycles. The number of thiocarbonyl (C=S) groups is 1. The van der Waals surface area contributed by atoms with Crippen LogP contribution in [0.5, 0.6) is 5.75 Å². The van der Waals surface area contributed by atoms with Crippen LogP contribution in [0.2, 0.25) is 0 Å². The second-order valence-electron chi connectivity index (χ2n) is 3.85. The van der Waals surface area contributed by atoms with E-state index in [1.807, 2.05) is 6.92 Å². The molecule has 3 nitrogen and oxygen atoms in total. The summed E-state index contributed by atoms with van der Waals surface area (Å²) < 4.78 is 19.1. The van der Waals surface area contributed by atoms with Crippen molar-refractivity contribution in [2.45, 2.75) is 32.8 Å². The zero-order valence-electron chi connectivity index (χ0n) is 10.00. The lowest BCUT2D eigenvalue weighted by Gasteiger charge is -2.15. The Morgan fingerprint density at radius 1 is 1.59 bits per heavy atom. The van der Waals surface area contributed by atoms with E-state index in [1.54, 1.807) is 12.1 Å². The first-order valence-electron chi connectivity index (χ1n) is 5.55. The minimum Gasteiger partial charge on any atom is -0.488 e. The fourth-order valence-corrected chi connectivity index (χ4v) is 1.62. The van der Waals surface area contributed by atoms with Crippen LogP contribution in [0, 0.1) is 5.82 Å². The molecular weight excluding hydrogens is 239 g/mol. The van der Waals surface area contributed by atoms with Gasteiger partial charge in [-0.15, -0.1) is 0 Å². The van der Waals surface area contributed by atoms with Gasteiger partial charge in [-0.1, -0.05) is 13.3 Å². The number of anilines is 1. The molecule has 1 atom stereocenters. The normalized spacial score (nSPS) is 11.9. The number of rotatable bonds is 5. The predicted octanol–water partition coefficient (Wildman–Crippen LogP) is 3.05. The van der Waals surface area contributed by atoms with Crippen LogP contribution < -0.4 is 15.8 Å². The second-order valence-corrected chi connectivity index (χ2v) is 4.29. The Labute approximate surface area is 106 Å². The highest BCUT2D eigenvalue weighted by atomic mass is 32.1. The molecule has 0 aliphatic heterocycles. The van der Waals surface area contributed by atoms with Gasteiger partial charge in [-0.2, -0.15) is 0 Å². The minimum absolute atomic E-state index is 0.00361. The number of ether oxygens (including phenoxy) is 1. The molecule has 1 aromatic rings. The molecule has 0 bridgehead atoms. The van der Waals surface area contributed by atoms with Crippen LogP contribution in [0.3, 0.4) is 0 Å². The minimum atomic E-state index is -0.422. The van der Waals surface area contributed by atoms with E-state index >= 15 is 0 Å². The Morgan fingerprint density at radius 2 is 2.29 bits per heavy atom. The van der Waals surface area contributed by atoms with E-state index in [-0.39, 0.29) is 17.0 Å². The van der Waals surface area contributed by atoms with Crippen LogP contribution in [0.15, 0.2) is 18.2 Å². The van der Waals surface area contributed by atoms with Crippen molar-refractivity contribution in [1.82, 2.24) is 0 Å². The zero-order valence-corrected chi connectivity index (χ0v) is 10.8. The van der Waals surface area contributed by atoms with E-state index in [0.29, 0.717) is 5.69 Å². The topological polar surface area (TPSA) is 47.3 Å². The molecule has 5 heteroatoms. The van der Waals surface area contributed by atoms with E-state index < -0.39 is 5.82 Å². The van der Waals surface area contributed by atoms with Crippen LogP contribution in [-0.2, 0) is 0 Å². The van der Waals surface area contributed by atoms with Crippen molar-refractivity contribution in [3.8, 4) is 5.75 Å². The second kappa shape index (κ2) is 6.39. The predicted molar refractivity (Wildman–Crippen MR) is 71.8 cm³/mol. The van der Waals surface area contributed by atoms with Gasteiger partial charge < -0.3 is 15.8 Å². The summed E-state index contributed by atoms with van der Waals surface area (Å²) in [4.78, 5) is 0. The van der Waals surface area contributed by atoms with Gasteiger partial charge in [0.25, 0.3) is 0 Å². The van der Waals surface area contributed by atoms with Crippen LogP contribution in [0.25, 0.3) is 0 Å². The molecule has 1 unspecified atom stereocenters. The number of hydrogen-bond acceptors (Lipinski definition) is 2.